The molecule has 0 atom stereocenters. The van der Waals surface area contributed by atoms with E-state index in [1.807, 2.05) is 23.1 Å². The van der Waals surface area contributed by atoms with E-state index in [9.17, 15) is 0 Å². The first kappa shape index (κ1) is 36.8. The molecule has 0 fully saturated rings. The largest absolute Gasteiger partial charge is 0.222 e. The van der Waals surface area contributed by atoms with Gasteiger partial charge in [-0.1, -0.05) is 126 Å². The molecule has 0 aromatic carbocycles. The summed E-state index contributed by atoms with van der Waals surface area (Å²) in [6, 6.07) is 4.74. The minimum atomic E-state index is -4.94. The SMILES string of the molecule is CCC(/C=C/c1cc(C(C)(C)C)[s+]c(C(C)(C)C)c1)=C\C=C1C=C(C(C)(C)C)SC(C(C)(C)C)=C1.[O-][Cl+3]([O-])([O-])[O-]. The summed E-state index contributed by atoms with van der Waals surface area (Å²) in [5.74, 6) is 0. The van der Waals surface area contributed by atoms with E-state index >= 15 is 0 Å². The molecule has 0 amide bonds. The van der Waals surface area contributed by atoms with Gasteiger partial charge in [0, 0.05) is 23.0 Å². The molecule has 0 aliphatic carbocycles. The standard InChI is InChI=1S/C33H49S2.ClHO4/c1-14-23(15-17-24-19-26(30(2,3)4)34-27(20-24)31(5,6)7)16-18-25-21-28(32(8,9)10)35-29(22-25)33(11,12)13;2-1(3,4)5/h15-22H,14H2,1-13H3;(H,2,3,4,5)/q+1;/p-1. The molecule has 4 nitrogen and oxygen atoms in total. The number of hydrogen-bond donors (Lipinski definition) is 0. The fourth-order valence-electron chi connectivity index (χ4n) is 3.41. The fourth-order valence-corrected chi connectivity index (χ4v) is 5.89. The zero-order valence-corrected chi connectivity index (χ0v) is 29.0. The molecule has 1 aromatic rings. The highest BCUT2D eigenvalue weighted by Gasteiger charge is 2.31. The molecule has 40 heavy (non-hydrogen) atoms. The van der Waals surface area contributed by atoms with Crippen LogP contribution in [0.3, 0.4) is 0 Å². The van der Waals surface area contributed by atoms with Gasteiger partial charge in [-0.3, -0.25) is 0 Å². The third-order valence-corrected chi connectivity index (χ3v) is 9.78. The summed E-state index contributed by atoms with van der Waals surface area (Å²) >= 11 is 3.90. The summed E-state index contributed by atoms with van der Waals surface area (Å²) in [6.07, 6.45) is 15.0. The van der Waals surface area contributed by atoms with Crippen LogP contribution < -0.4 is 18.6 Å². The van der Waals surface area contributed by atoms with Gasteiger partial charge in [0.15, 0.2) is 0 Å². The second-order valence-electron chi connectivity index (χ2n) is 14.2. The molecule has 224 valence electrons. The van der Waals surface area contributed by atoms with Crippen LogP contribution in [0, 0.1) is 21.1 Å². The summed E-state index contributed by atoms with van der Waals surface area (Å²) in [6.45, 7) is 30.0. The maximum atomic E-state index is 8.49. The predicted molar refractivity (Wildman–Crippen MR) is 164 cm³/mol. The molecule has 2 heterocycles. The maximum absolute atomic E-state index is 8.49. The van der Waals surface area contributed by atoms with Crippen LogP contribution in [0.2, 0.25) is 0 Å². The van der Waals surface area contributed by atoms with Crippen molar-refractivity contribution in [2.45, 2.75) is 107 Å². The average molecular weight is 609 g/mol. The Morgan fingerprint density at radius 2 is 1.15 bits per heavy atom. The van der Waals surface area contributed by atoms with Crippen LogP contribution in [-0.4, -0.2) is 0 Å². The lowest BCUT2D eigenvalue weighted by Crippen LogP contribution is -2.68. The molecule has 0 unspecified atom stereocenters. The van der Waals surface area contributed by atoms with Gasteiger partial charge >= 0.3 is 0 Å². The van der Waals surface area contributed by atoms with Crippen LogP contribution >= 0.6 is 23.1 Å². The summed E-state index contributed by atoms with van der Waals surface area (Å²) < 4.78 is 34.0. The van der Waals surface area contributed by atoms with Crippen molar-refractivity contribution in [2.75, 3.05) is 0 Å². The Kier molecular flexibility index (Phi) is 12.7. The van der Waals surface area contributed by atoms with Crippen molar-refractivity contribution in [1.29, 1.82) is 0 Å². The van der Waals surface area contributed by atoms with Gasteiger partial charge in [-0.05, 0) is 55.9 Å². The molecule has 0 N–H and O–H groups in total. The normalized spacial score (nSPS) is 15.9. The first-order valence-electron chi connectivity index (χ1n) is 13.6. The zero-order valence-electron chi connectivity index (χ0n) is 26.7. The van der Waals surface area contributed by atoms with E-state index in [0.717, 1.165) is 6.42 Å². The molecule has 1 aliphatic rings. The topological polar surface area (TPSA) is 92.2 Å². The third-order valence-electron chi connectivity index (χ3n) is 5.98. The molecule has 1 aliphatic heterocycles. The van der Waals surface area contributed by atoms with Crippen molar-refractivity contribution in [3.63, 3.8) is 0 Å². The number of hydrogen-bond acceptors (Lipinski definition) is 5. The quantitative estimate of drug-likeness (QED) is 0.278. The van der Waals surface area contributed by atoms with Gasteiger partial charge in [0.2, 0.25) is 21.1 Å². The summed E-state index contributed by atoms with van der Waals surface area (Å²) in [5.41, 5.74) is 4.53. The van der Waals surface area contributed by atoms with Crippen molar-refractivity contribution < 1.29 is 28.9 Å². The van der Waals surface area contributed by atoms with Crippen molar-refractivity contribution in [3.05, 3.63) is 78.8 Å². The van der Waals surface area contributed by atoms with Gasteiger partial charge in [-0.25, -0.2) is 18.6 Å². The highest BCUT2D eigenvalue weighted by atomic mass is 35.7. The van der Waals surface area contributed by atoms with E-state index in [1.54, 1.807) is 0 Å². The first-order chi connectivity index (χ1) is 17.8. The minimum absolute atomic E-state index is 0.148. The van der Waals surface area contributed by atoms with Crippen molar-refractivity contribution in [2.24, 2.45) is 10.8 Å². The Labute approximate surface area is 254 Å². The molecule has 0 saturated carbocycles. The van der Waals surface area contributed by atoms with Crippen molar-refractivity contribution in [1.82, 2.24) is 0 Å². The van der Waals surface area contributed by atoms with Gasteiger partial charge in [0.25, 0.3) is 0 Å². The van der Waals surface area contributed by atoms with E-state index in [1.165, 1.54) is 36.3 Å². The zero-order chi connectivity index (χ0) is 31.3. The molecule has 0 radical (unpaired) electrons. The van der Waals surface area contributed by atoms with Crippen LogP contribution in [0.5, 0.6) is 0 Å². The first-order valence-corrected chi connectivity index (χ1v) is 16.5. The molecular weight excluding hydrogens is 560 g/mol. The minimum Gasteiger partial charge on any atom is -0.222 e. The van der Waals surface area contributed by atoms with Gasteiger partial charge in [0.1, 0.15) is 0 Å². The average Bonchev–Trinajstić information content (AvgIpc) is 2.75. The Balaban J connectivity index is 0.00000146. The predicted octanol–water partition coefficient (Wildman–Crippen LogP) is 6.75. The lowest BCUT2D eigenvalue weighted by atomic mass is 9.91. The number of rotatable bonds is 4. The number of allylic oxidation sites excluding steroid dienone is 9. The molecule has 0 bridgehead atoms. The molecule has 7 heteroatoms. The molecule has 2 rings (SSSR count). The smallest absolute Gasteiger partial charge is 0.219 e. The Morgan fingerprint density at radius 3 is 1.48 bits per heavy atom. The summed E-state index contributed by atoms with van der Waals surface area (Å²) in [7, 11) is -4.94. The maximum Gasteiger partial charge on any atom is 0.219 e. The summed E-state index contributed by atoms with van der Waals surface area (Å²) in [4.78, 5) is 5.75. The van der Waals surface area contributed by atoms with E-state index in [0.29, 0.717) is 0 Å². The van der Waals surface area contributed by atoms with Gasteiger partial charge in [-0.2, -0.15) is 0 Å². The molecule has 1 aromatic heterocycles. The van der Waals surface area contributed by atoms with E-state index < -0.39 is 10.2 Å². The highest BCUT2D eigenvalue weighted by molar-refractivity contribution is 8.06. The van der Waals surface area contributed by atoms with E-state index in [-0.39, 0.29) is 21.7 Å². The van der Waals surface area contributed by atoms with Crippen LogP contribution in [0.25, 0.3) is 6.08 Å². The van der Waals surface area contributed by atoms with E-state index in [4.69, 9.17) is 18.6 Å². The van der Waals surface area contributed by atoms with Crippen molar-refractivity contribution >= 4 is 29.2 Å². The van der Waals surface area contributed by atoms with Crippen LogP contribution in [0.1, 0.15) is 112 Å². The highest BCUT2D eigenvalue weighted by Crippen LogP contribution is 2.48. The van der Waals surface area contributed by atoms with Crippen LogP contribution in [0.4, 0.5) is 0 Å². The second kappa shape index (κ2) is 13.8. The third kappa shape index (κ3) is 13.6. The Morgan fingerprint density at radius 1 is 0.750 bits per heavy atom. The van der Waals surface area contributed by atoms with Gasteiger partial charge in [-0.15, -0.1) is 10.2 Å². The number of thioether (sulfide) groups is 1. The lowest BCUT2D eigenvalue weighted by molar-refractivity contribution is -2.00. The van der Waals surface area contributed by atoms with E-state index in [2.05, 4.69) is 139 Å². The van der Waals surface area contributed by atoms with Crippen molar-refractivity contribution in [3.8, 4) is 0 Å². The Bertz CT molecular complexity index is 1100. The van der Waals surface area contributed by atoms with Gasteiger partial charge in [0.05, 0.1) is 0 Å². The van der Waals surface area contributed by atoms with Gasteiger partial charge < -0.3 is 0 Å². The lowest BCUT2D eigenvalue weighted by Gasteiger charge is -2.31. The molecule has 0 spiro atoms. The molecular formula is C33H49ClO4S2. The number of halogens is 1. The molecule has 0 saturated heterocycles. The fraction of sp³-hybridized carbons (Fsp3) is 0.545. The van der Waals surface area contributed by atoms with Crippen LogP contribution in [0.15, 0.2) is 63.5 Å². The summed E-state index contributed by atoms with van der Waals surface area (Å²) in [5, 5.41) is 0. The Hall–Kier alpha value is -1.25. The van der Waals surface area contributed by atoms with Crippen LogP contribution in [-0.2, 0) is 10.8 Å². The monoisotopic (exact) mass is 608 g/mol. The second-order valence-corrected chi connectivity index (χ2v) is 17.1.